The van der Waals surface area contributed by atoms with E-state index in [1.165, 1.54) is 124 Å². The number of rotatable bonds is 20. The molecule has 0 aliphatic carbocycles. The van der Waals surface area contributed by atoms with Gasteiger partial charge in [0.2, 0.25) is 0 Å². The van der Waals surface area contributed by atoms with E-state index in [2.05, 4.69) is 38.1 Å². The van der Waals surface area contributed by atoms with Crippen molar-refractivity contribution in [3.63, 3.8) is 0 Å². The second-order valence-corrected chi connectivity index (χ2v) is 10.5. The monoisotopic (exact) mass is 422 g/mol. The lowest BCUT2D eigenvalue weighted by atomic mass is 10.1. The number of hydrogen-bond donors (Lipinski definition) is 0. The van der Waals surface area contributed by atoms with Crippen LogP contribution in [0.15, 0.2) is 34.1 Å². The van der Waals surface area contributed by atoms with Crippen LogP contribution in [0.4, 0.5) is 0 Å². The maximum Gasteiger partial charge on any atom is 0.00727 e. The maximum atomic E-state index is 2.32. The summed E-state index contributed by atoms with van der Waals surface area (Å²) in [7, 11) is 0. The maximum absolute atomic E-state index is 2.32. The van der Waals surface area contributed by atoms with Crippen molar-refractivity contribution in [2.24, 2.45) is 0 Å². The molecule has 2 heteroatoms. The van der Waals surface area contributed by atoms with E-state index >= 15 is 0 Å². The summed E-state index contributed by atoms with van der Waals surface area (Å²) >= 11 is 4.07. The highest BCUT2D eigenvalue weighted by molar-refractivity contribution is 7.99. The highest BCUT2D eigenvalue weighted by Crippen LogP contribution is 2.25. The van der Waals surface area contributed by atoms with Crippen molar-refractivity contribution in [1.82, 2.24) is 0 Å². The van der Waals surface area contributed by atoms with Crippen molar-refractivity contribution in [3.05, 3.63) is 24.3 Å². The Labute approximate surface area is 185 Å². The first kappa shape index (κ1) is 26.0. The van der Waals surface area contributed by atoms with Gasteiger partial charge in [-0.1, -0.05) is 104 Å². The first-order chi connectivity index (χ1) is 13.9. The van der Waals surface area contributed by atoms with Crippen molar-refractivity contribution in [1.29, 1.82) is 0 Å². The summed E-state index contributed by atoms with van der Waals surface area (Å²) in [6.45, 7) is 4.58. The molecule has 1 aromatic carbocycles. The molecule has 1 rings (SSSR count). The minimum absolute atomic E-state index is 1.28. The van der Waals surface area contributed by atoms with E-state index in [9.17, 15) is 0 Å². The third-order valence-corrected chi connectivity index (χ3v) is 7.55. The van der Waals surface area contributed by atoms with Crippen LogP contribution in [-0.2, 0) is 0 Å². The minimum atomic E-state index is 1.28. The fourth-order valence-electron chi connectivity index (χ4n) is 3.48. The summed E-state index contributed by atoms with van der Waals surface area (Å²) in [6, 6.07) is 9.30. The molecule has 0 atom stereocenters. The SMILES string of the molecule is CCCCCCCCCCSc1ccc(SCCCCCCCCCC)cc1. The Morgan fingerprint density at radius 3 is 1.04 bits per heavy atom. The first-order valence-corrected chi connectivity index (χ1v) is 14.2. The van der Waals surface area contributed by atoms with Crippen LogP contribution in [0.25, 0.3) is 0 Å². The third-order valence-electron chi connectivity index (χ3n) is 5.36. The molecule has 162 valence electrons. The van der Waals surface area contributed by atoms with Gasteiger partial charge in [-0.15, -0.1) is 23.5 Å². The summed E-state index contributed by atoms with van der Waals surface area (Å²) in [5, 5.41) is 0. The summed E-state index contributed by atoms with van der Waals surface area (Å²) < 4.78 is 0. The van der Waals surface area contributed by atoms with Crippen LogP contribution >= 0.6 is 23.5 Å². The highest BCUT2D eigenvalue weighted by Gasteiger charge is 1.98. The Balaban J connectivity index is 1.94. The van der Waals surface area contributed by atoms with E-state index in [0.29, 0.717) is 0 Å². The fraction of sp³-hybridized carbons (Fsp3) is 0.769. The smallest absolute Gasteiger partial charge is 0.00727 e. The van der Waals surface area contributed by atoms with E-state index in [0.717, 1.165) is 0 Å². The van der Waals surface area contributed by atoms with Crippen LogP contribution in [-0.4, -0.2) is 11.5 Å². The van der Waals surface area contributed by atoms with Gasteiger partial charge in [-0.05, 0) is 48.6 Å². The predicted octanol–water partition coefficient (Wildman–Crippen LogP) is 10.2. The first-order valence-electron chi connectivity index (χ1n) is 12.2. The molecule has 0 bridgehead atoms. The van der Waals surface area contributed by atoms with Gasteiger partial charge in [-0.2, -0.15) is 0 Å². The van der Waals surface area contributed by atoms with Gasteiger partial charge in [0.1, 0.15) is 0 Å². The van der Waals surface area contributed by atoms with Gasteiger partial charge < -0.3 is 0 Å². The van der Waals surface area contributed by atoms with Gasteiger partial charge >= 0.3 is 0 Å². The zero-order valence-corrected chi connectivity index (χ0v) is 20.5. The minimum Gasteiger partial charge on any atom is -0.126 e. The van der Waals surface area contributed by atoms with Gasteiger partial charge in [0.15, 0.2) is 0 Å². The lowest BCUT2D eigenvalue weighted by Crippen LogP contribution is -1.85. The Bertz CT molecular complexity index is 386. The zero-order chi connectivity index (χ0) is 20.1. The lowest BCUT2D eigenvalue weighted by Gasteiger charge is -2.05. The average Bonchev–Trinajstić information content (AvgIpc) is 2.72. The van der Waals surface area contributed by atoms with Crippen LogP contribution in [0.1, 0.15) is 117 Å². The molecule has 0 aromatic heterocycles. The fourth-order valence-corrected chi connectivity index (χ4v) is 5.31. The Morgan fingerprint density at radius 2 is 0.714 bits per heavy atom. The van der Waals surface area contributed by atoms with Crippen LogP contribution < -0.4 is 0 Å². The van der Waals surface area contributed by atoms with Crippen LogP contribution in [0.2, 0.25) is 0 Å². The zero-order valence-electron chi connectivity index (χ0n) is 18.9. The molecule has 0 saturated carbocycles. The predicted molar refractivity (Wildman–Crippen MR) is 133 cm³/mol. The summed E-state index contributed by atoms with van der Waals surface area (Å²) in [5.74, 6) is 2.55. The second kappa shape index (κ2) is 20.2. The quantitative estimate of drug-likeness (QED) is 0.151. The van der Waals surface area contributed by atoms with Gasteiger partial charge in [0, 0.05) is 9.79 Å². The largest absolute Gasteiger partial charge is 0.126 e. The topological polar surface area (TPSA) is 0 Å². The molecule has 1 aromatic rings. The van der Waals surface area contributed by atoms with Gasteiger partial charge in [-0.3, -0.25) is 0 Å². The molecule has 0 saturated heterocycles. The molecule has 0 heterocycles. The van der Waals surface area contributed by atoms with E-state index in [1.807, 2.05) is 23.5 Å². The summed E-state index contributed by atoms with van der Waals surface area (Å²) in [5.41, 5.74) is 0. The molecule has 0 unspecified atom stereocenters. The number of unbranched alkanes of at least 4 members (excludes halogenated alkanes) is 14. The molecule has 0 amide bonds. The number of benzene rings is 1. The van der Waals surface area contributed by atoms with Crippen molar-refractivity contribution < 1.29 is 0 Å². The van der Waals surface area contributed by atoms with Gasteiger partial charge in [-0.25, -0.2) is 0 Å². The Hall–Kier alpha value is -0.0800. The average molecular weight is 423 g/mol. The van der Waals surface area contributed by atoms with Crippen LogP contribution in [0, 0.1) is 0 Å². The second-order valence-electron chi connectivity index (χ2n) is 8.12. The van der Waals surface area contributed by atoms with Gasteiger partial charge in [0.25, 0.3) is 0 Å². The van der Waals surface area contributed by atoms with E-state index in [4.69, 9.17) is 0 Å². The Morgan fingerprint density at radius 1 is 0.429 bits per heavy atom. The van der Waals surface area contributed by atoms with E-state index < -0.39 is 0 Å². The number of hydrogen-bond acceptors (Lipinski definition) is 2. The summed E-state index contributed by atoms with van der Waals surface area (Å²) in [6.07, 6.45) is 22.6. The molecule has 0 radical (unpaired) electrons. The summed E-state index contributed by atoms with van der Waals surface area (Å²) in [4.78, 5) is 2.89. The van der Waals surface area contributed by atoms with Crippen molar-refractivity contribution in [2.75, 3.05) is 11.5 Å². The highest BCUT2D eigenvalue weighted by atomic mass is 32.2. The lowest BCUT2D eigenvalue weighted by molar-refractivity contribution is 0.586. The van der Waals surface area contributed by atoms with E-state index in [-0.39, 0.29) is 0 Å². The van der Waals surface area contributed by atoms with Crippen molar-refractivity contribution in [3.8, 4) is 0 Å². The van der Waals surface area contributed by atoms with E-state index in [1.54, 1.807) is 0 Å². The van der Waals surface area contributed by atoms with Gasteiger partial charge in [0.05, 0.1) is 0 Å². The molecular weight excluding hydrogens is 376 g/mol. The molecule has 0 aliphatic rings. The molecule has 0 aliphatic heterocycles. The molecule has 0 spiro atoms. The molecule has 0 fully saturated rings. The standard InChI is InChI=1S/C26H46S2/c1-3-5-7-9-11-13-15-17-23-27-25-19-21-26(22-20-25)28-24-18-16-14-12-10-8-6-4-2/h19-22H,3-18,23-24H2,1-2H3. The normalized spacial score (nSPS) is 11.2. The molecule has 28 heavy (non-hydrogen) atoms. The van der Waals surface area contributed by atoms with Crippen molar-refractivity contribution >= 4 is 23.5 Å². The molecular formula is C26H46S2. The van der Waals surface area contributed by atoms with Crippen LogP contribution in [0.5, 0.6) is 0 Å². The van der Waals surface area contributed by atoms with Crippen LogP contribution in [0.3, 0.4) is 0 Å². The third kappa shape index (κ3) is 15.8. The van der Waals surface area contributed by atoms with Crippen molar-refractivity contribution in [2.45, 2.75) is 126 Å². The molecule has 0 nitrogen and oxygen atoms in total. The number of thioether (sulfide) groups is 2. The Kier molecular flexibility index (Phi) is 18.7. The molecule has 0 N–H and O–H groups in total.